The van der Waals surface area contributed by atoms with E-state index in [4.69, 9.17) is 10.6 Å². The highest BCUT2D eigenvalue weighted by molar-refractivity contribution is 5.95. The average Bonchev–Trinajstić information content (AvgIpc) is 3.28. The van der Waals surface area contributed by atoms with Crippen LogP contribution in [0.25, 0.3) is 0 Å². The second-order valence-electron chi connectivity index (χ2n) is 5.95. The predicted octanol–water partition coefficient (Wildman–Crippen LogP) is 2.22. The van der Waals surface area contributed by atoms with E-state index in [2.05, 4.69) is 15.2 Å². The summed E-state index contributed by atoms with van der Waals surface area (Å²) in [7, 11) is 1.32. The first-order valence-corrected chi connectivity index (χ1v) is 7.64. The molecule has 0 unspecified atom stereocenters. The molecule has 2 aromatic heterocycles. The van der Waals surface area contributed by atoms with Gasteiger partial charge in [-0.05, 0) is 31.4 Å². The summed E-state index contributed by atoms with van der Waals surface area (Å²) >= 11 is 0. The van der Waals surface area contributed by atoms with Crippen LogP contribution in [0.5, 0.6) is 0 Å². The van der Waals surface area contributed by atoms with Crippen molar-refractivity contribution in [2.75, 3.05) is 0 Å². The number of hydrogen-bond acceptors (Lipinski definition) is 5. The summed E-state index contributed by atoms with van der Waals surface area (Å²) in [4.78, 5) is 21.0. The van der Waals surface area contributed by atoms with Crippen molar-refractivity contribution in [2.45, 2.75) is 31.6 Å². The van der Waals surface area contributed by atoms with Crippen molar-refractivity contribution in [1.29, 1.82) is 0 Å². The maximum atomic E-state index is 12.7. The summed E-state index contributed by atoms with van der Waals surface area (Å²) < 4.78 is 26.4. The normalized spacial score (nSPS) is 16.1. The van der Waals surface area contributed by atoms with Crippen LogP contribution < -0.4 is 5.73 Å². The maximum Gasteiger partial charge on any atom is 0.385 e. The smallest absolute Gasteiger partial charge is 0.384 e. The predicted molar refractivity (Wildman–Crippen MR) is 85.1 cm³/mol. The van der Waals surface area contributed by atoms with Crippen LogP contribution in [0.3, 0.4) is 0 Å². The summed E-state index contributed by atoms with van der Waals surface area (Å²) in [6, 6.07) is 4.69. The molecule has 2 heterocycles. The van der Waals surface area contributed by atoms with Crippen LogP contribution in [0.15, 0.2) is 29.6 Å². The van der Waals surface area contributed by atoms with E-state index in [0.29, 0.717) is 0 Å². The van der Waals surface area contributed by atoms with E-state index < -0.39 is 17.8 Å². The highest BCUT2D eigenvalue weighted by atomic mass is 19.3. The molecule has 1 aliphatic rings. The fourth-order valence-electron chi connectivity index (χ4n) is 2.79. The van der Waals surface area contributed by atoms with Crippen LogP contribution in [0.4, 0.5) is 8.78 Å². The van der Waals surface area contributed by atoms with Crippen molar-refractivity contribution in [3.05, 3.63) is 47.0 Å². The van der Waals surface area contributed by atoms with Crippen molar-refractivity contribution in [3.8, 4) is 0 Å². The molecule has 1 fully saturated rings. The van der Waals surface area contributed by atoms with Crippen LogP contribution in [-0.4, -0.2) is 26.6 Å². The Morgan fingerprint density at radius 3 is 2.76 bits per heavy atom. The van der Waals surface area contributed by atoms with E-state index >= 15 is 0 Å². The first kappa shape index (κ1) is 17.0. The zero-order chi connectivity index (χ0) is 18.2. The molecule has 0 amide bonds. The number of oxime groups is 1. The lowest BCUT2D eigenvalue weighted by Gasteiger charge is -2.16. The third kappa shape index (κ3) is 3.09. The number of nitrogens with two attached hydrogens (primary N) is 1. The number of pyridine rings is 1. The van der Waals surface area contributed by atoms with Gasteiger partial charge in [0.1, 0.15) is 5.69 Å². The fourth-order valence-corrected chi connectivity index (χ4v) is 2.79. The van der Waals surface area contributed by atoms with E-state index in [1.807, 2.05) is 13.0 Å². The Hall–Kier alpha value is -2.84. The molecule has 0 aromatic carbocycles. The molecule has 132 valence electrons. The quantitative estimate of drug-likeness (QED) is 0.386. The van der Waals surface area contributed by atoms with Gasteiger partial charge in [0.25, 0.3) is 6.43 Å². The van der Waals surface area contributed by atoms with Gasteiger partial charge in [0, 0.05) is 25.0 Å². The number of hydrogen-bond donors (Lipinski definition) is 1. The van der Waals surface area contributed by atoms with Gasteiger partial charge in [-0.3, -0.25) is 9.67 Å². The summed E-state index contributed by atoms with van der Waals surface area (Å²) in [5, 5.41) is 7.42. The second-order valence-corrected chi connectivity index (χ2v) is 5.95. The summed E-state index contributed by atoms with van der Waals surface area (Å²) in [5.74, 6) is -0.786. The van der Waals surface area contributed by atoms with Crippen LogP contribution >= 0.6 is 0 Å². The molecule has 0 spiro atoms. The second kappa shape index (κ2) is 6.23. The fraction of sp³-hybridized carbons (Fsp3) is 0.375. The third-order valence-corrected chi connectivity index (χ3v) is 4.34. The Morgan fingerprint density at radius 2 is 2.20 bits per heavy atom. The standard InChI is InChI=1S/C16H17F2N5O2/c1-9-10(4-3-7-20-9)16(5-6-16)15(19)22-25-14(24)11-8-12(13(17)18)23(2)21-11/h3-4,7-8,13H,5-6H2,1-2H3,(H2,19,22). The van der Waals surface area contributed by atoms with Crippen LogP contribution in [0.1, 0.15) is 46.7 Å². The maximum absolute atomic E-state index is 12.7. The van der Waals surface area contributed by atoms with Gasteiger partial charge in [0.05, 0.1) is 5.41 Å². The molecule has 1 saturated carbocycles. The monoisotopic (exact) mass is 349 g/mol. The summed E-state index contributed by atoms with van der Waals surface area (Å²) in [6.45, 7) is 1.87. The number of nitrogens with zero attached hydrogens (tertiary/aromatic N) is 4. The Bertz CT molecular complexity index is 843. The van der Waals surface area contributed by atoms with Crippen molar-refractivity contribution < 1.29 is 18.4 Å². The van der Waals surface area contributed by atoms with Gasteiger partial charge in [0.2, 0.25) is 0 Å². The van der Waals surface area contributed by atoms with Crippen LogP contribution in [0.2, 0.25) is 0 Å². The molecule has 25 heavy (non-hydrogen) atoms. The molecule has 0 saturated heterocycles. The van der Waals surface area contributed by atoms with Gasteiger partial charge < -0.3 is 10.6 Å². The van der Waals surface area contributed by atoms with Gasteiger partial charge in [0.15, 0.2) is 11.5 Å². The zero-order valence-corrected chi connectivity index (χ0v) is 13.7. The van der Waals surface area contributed by atoms with E-state index in [-0.39, 0.29) is 17.2 Å². The van der Waals surface area contributed by atoms with Gasteiger partial charge in [-0.1, -0.05) is 11.2 Å². The molecule has 9 heteroatoms. The molecular formula is C16H17F2N5O2. The summed E-state index contributed by atoms with van der Waals surface area (Å²) in [6.07, 6.45) is 0.483. The van der Waals surface area contributed by atoms with E-state index in [0.717, 1.165) is 34.8 Å². The minimum Gasteiger partial charge on any atom is -0.384 e. The number of aryl methyl sites for hydroxylation is 2. The van der Waals surface area contributed by atoms with Gasteiger partial charge in [-0.2, -0.15) is 5.10 Å². The number of aromatic nitrogens is 3. The number of alkyl halides is 2. The van der Waals surface area contributed by atoms with Crippen molar-refractivity contribution in [1.82, 2.24) is 14.8 Å². The first-order chi connectivity index (χ1) is 11.8. The molecule has 2 aromatic rings. The molecule has 0 radical (unpaired) electrons. The van der Waals surface area contributed by atoms with E-state index in [1.165, 1.54) is 7.05 Å². The SMILES string of the molecule is Cc1ncccc1C1(/C(N)=N/OC(=O)c2cc(C(F)F)n(C)n2)CC1. The zero-order valence-electron chi connectivity index (χ0n) is 13.7. The molecule has 0 bridgehead atoms. The molecule has 0 atom stereocenters. The first-order valence-electron chi connectivity index (χ1n) is 7.64. The van der Waals surface area contributed by atoms with E-state index in [9.17, 15) is 13.6 Å². The Morgan fingerprint density at radius 1 is 1.48 bits per heavy atom. The lowest BCUT2D eigenvalue weighted by molar-refractivity contribution is 0.0506. The highest BCUT2D eigenvalue weighted by Gasteiger charge is 2.50. The Labute approximate surface area is 142 Å². The average molecular weight is 349 g/mol. The molecule has 1 aliphatic carbocycles. The number of carbonyl (C=O) groups excluding carboxylic acids is 1. The topological polar surface area (TPSA) is 95.4 Å². The molecule has 7 nitrogen and oxygen atoms in total. The minimum absolute atomic E-state index is 0.155. The number of amidine groups is 1. The number of halogens is 2. The molecule has 3 rings (SSSR count). The van der Waals surface area contributed by atoms with Crippen LogP contribution in [-0.2, 0) is 17.3 Å². The molecule has 2 N–H and O–H groups in total. The Kier molecular flexibility index (Phi) is 4.23. The van der Waals surface area contributed by atoms with Crippen molar-refractivity contribution in [2.24, 2.45) is 17.9 Å². The van der Waals surface area contributed by atoms with Gasteiger partial charge in [-0.15, -0.1) is 0 Å². The lowest BCUT2D eigenvalue weighted by atomic mass is 9.94. The van der Waals surface area contributed by atoms with Crippen LogP contribution in [0, 0.1) is 6.92 Å². The van der Waals surface area contributed by atoms with Crippen molar-refractivity contribution in [3.63, 3.8) is 0 Å². The Balaban J connectivity index is 1.77. The molecule has 0 aliphatic heterocycles. The van der Waals surface area contributed by atoms with E-state index in [1.54, 1.807) is 12.3 Å². The molecular weight excluding hydrogens is 332 g/mol. The third-order valence-electron chi connectivity index (χ3n) is 4.34. The largest absolute Gasteiger partial charge is 0.385 e. The lowest BCUT2D eigenvalue weighted by Crippen LogP contribution is -2.30. The number of carbonyl (C=O) groups is 1. The minimum atomic E-state index is -2.74. The van der Waals surface area contributed by atoms with Crippen molar-refractivity contribution >= 4 is 11.8 Å². The van der Waals surface area contributed by atoms with Gasteiger partial charge >= 0.3 is 5.97 Å². The van der Waals surface area contributed by atoms with Gasteiger partial charge in [-0.25, -0.2) is 13.6 Å². The number of rotatable bonds is 5. The highest BCUT2D eigenvalue weighted by Crippen LogP contribution is 2.49. The summed E-state index contributed by atoms with van der Waals surface area (Å²) in [5.41, 5.74) is 6.67.